The van der Waals surface area contributed by atoms with Gasteiger partial charge in [-0.2, -0.15) is 0 Å². The van der Waals surface area contributed by atoms with E-state index in [1.807, 2.05) is 0 Å². The average molecular weight is 187 g/mol. The standard InChI is InChI=1S/C10H21NO2/c1-3-9-8-10(4-5-11-9)13-7-6-12-2/h9-11H,3-8H2,1-2H3. The normalized spacial score (nSPS) is 29.1. The number of piperidine rings is 1. The molecule has 1 rings (SSSR count). The molecule has 0 amide bonds. The minimum absolute atomic E-state index is 0.446. The maximum atomic E-state index is 5.69. The van der Waals surface area contributed by atoms with Crippen LogP contribution in [0.1, 0.15) is 26.2 Å². The van der Waals surface area contributed by atoms with E-state index in [2.05, 4.69) is 12.2 Å². The Morgan fingerprint density at radius 2 is 2.23 bits per heavy atom. The van der Waals surface area contributed by atoms with Crippen molar-refractivity contribution in [2.45, 2.75) is 38.3 Å². The largest absolute Gasteiger partial charge is 0.382 e. The van der Waals surface area contributed by atoms with Crippen molar-refractivity contribution in [3.05, 3.63) is 0 Å². The molecule has 13 heavy (non-hydrogen) atoms. The predicted molar refractivity (Wildman–Crippen MR) is 52.9 cm³/mol. The highest BCUT2D eigenvalue weighted by molar-refractivity contribution is 4.77. The van der Waals surface area contributed by atoms with Crippen molar-refractivity contribution in [2.24, 2.45) is 0 Å². The lowest BCUT2D eigenvalue weighted by molar-refractivity contribution is -0.00487. The second kappa shape index (κ2) is 6.35. The molecule has 1 saturated heterocycles. The molecule has 1 aliphatic heterocycles. The first kappa shape index (κ1) is 11.0. The van der Waals surface area contributed by atoms with E-state index in [-0.39, 0.29) is 0 Å². The van der Waals surface area contributed by atoms with Crippen LogP contribution >= 0.6 is 0 Å². The van der Waals surface area contributed by atoms with Crippen molar-refractivity contribution < 1.29 is 9.47 Å². The molecule has 0 spiro atoms. The summed E-state index contributed by atoms with van der Waals surface area (Å²) < 4.78 is 10.6. The Bertz CT molecular complexity index is 130. The van der Waals surface area contributed by atoms with Crippen molar-refractivity contribution >= 4 is 0 Å². The zero-order valence-corrected chi connectivity index (χ0v) is 8.71. The Balaban J connectivity index is 2.11. The molecule has 1 fully saturated rings. The number of nitrogens with one attached hydrogen (secondary N) is 1. The van der Waals surface area contributed by atoms with Gasteiger partial charge in [0, 0.05) is 13.2 Å². The van der Waals surface area contributed by atoms with Gasteiger partial charge in [-0.15, -0.1) is 0 Å². The van der Waals surface area contributed by atoms with Crippen LogP contribution in [0.3, 0.4) is 0 Å². The van der Waals surface area contributed by atoms with Gasteiger partial charge < -0.3 is 14.8 Å². The molecule has 1 aliphatic rings. The van der Waals surface area contributed by atoms with E-state index in [0.717, 1.165) is 26.0 Å². The smallest absolute Gasteiger partial charge is 0.0704 e. The first-order valence-corrected chi connectivity index (χ1v) is 5.20. The van der Waals surface area contributed by atoms with E-state index in [1.165, 1.54) is 6.42 Å². The molecule has 3 heteroatoms. The second-order valence-electron chi connectivity index (χ2n) is 3.57. The molecular weight excluding hydrogens is 166 g/mol. The van der Waals surface area contributed by atoms with Crippen molar-refractivity contribution in [1.82, 2.24) is 5.32 Å². The summed E-state index contributed by atoms with van der Waals surface area (Å²) >= 11 is 0. The molecular formula is C10H21NO2. The first-order valence-electron chi connectivity index (χ1n) is 5.20. The Labute approximate surface area is 80.8 Å². The number of methoxy groups -OCH3 is 1. The lowest BCUT2D eigenvalue weighted by Crippen LogP contribution is -2.41. The van der Waals surface area contributed by atoms with Crippen LogP contribution in [0.2, 0.25) is 0 Å². The predicted octanol–water partition coefficient (Wildman–Crippen LogP) is 1.18. The fourth-order valence-corrected chi connectivity index (χ4v) is 1.73. The van der Waals surface area contributed by atoms with Crippen LogP contribution in [-0.2, 0) is 9.47 Å². The van der Waals surface area contributed by atoms with Crippen LogP contribution in [0.5, 0.6) is 0 Å². The minimum atomic E-state index is 0.446. The Morgan fingerprint density at radius 1 is 1.38 bits per heavy atom. The summed E-state index contributed by atoms with van der Waals surface area (Å²) in [5.74, 6) is 0. The molecule has 3 nitrogen and oxygen atoms in total. The summed E-state index contributed by atoms with van der Waals surface area (Å²) in [7, 11) is 1.71. The van der Waals surface area contributed by atoms with Gasteiger partial charge in [-0.1, -0.05) is 6.92 Å². The molecule has 1 N–H and O–H groups in total. The van der Waals surface area contributed by atoms with Crippen molar-refractivity contribution in [2.75, 3.05) is 26.9 Å². The number of hydrogen-bond donors (Lipinski definition) is 1. The van der Waals surface area contributed by atoms with Crippen molar-refractivity contribution in [3.63, 3.8) is 0 Å². The third-order valence-electron chi connectivity index (χ3n) is 2.58. The molecule has 0 aromatic rings. The van der Waals surface area contributed by atoms with E-state index in [1.54, 1.807) is 7.11 Å². The first-order chi connectivity index (χ1) is 6.36. The third-order valence-corrected chi connectivity index (χ3v) is 2.58. The average Bonchev–Trinajstić information content (AvgIpc) is 2.19. The third kappa shape index (κ3) is 4.07. The molecule has 0 radical (unpaired) electrons. The summed E-state index contributed by atoms with van der Waals surface area (Å²) in [5, 5.41) is 3.48. The fraction of sp³-hybridized carbons (Fsp3) is 1.00. The Morgan fingerprint density at radius 3 is 2.92 bits per heavy atom. The quantitative estimate of drug-likeness (QED) is 0.656. The number of hydrogen-bond acceptors (Lipinski definition) is 3. The topological polar surface area (TPSA) is 30.5 Å². The van der Waals surface area contributed by atoms with Crippen molar-refractivity contribution in [1.29, 1.82) is 0 Å². The van der Waals surface area contributed by atoms with E-state index in [4.69, 9.17) is 9.47 Å². The van der Waals surface area contributed by atoms with Gasteiger partial charge in [-0.25, -0.2) is 0 Å². The summed E-state index contributed by atoms with van der Waals surface area (Å²) in [6.45, 7) is 4.75. The molecule has 78 valence electrons. The second-order valence-corrected chi connectivity index (χ2v) is 3.57. The zero-order chi connectivity index (χ0) is 9.52. The van der Waals surface area contributed by atoms with E-state index < -0.39 is 0 Å². The van der Waals surface area contributed by atoms with Gasteiger partial charge >= 0.3 is 0 Å². The van der Waals surface area contributed by atoms with Crippen LogP contribution in [0.15, 0.2) is 0 Å². The monoisotopic (exact) mass is 187 g/mol. The maximum absolute atomic E-state index is 5.69. The molecule has 2 unspecified atom stereocenters. The van der Waals surface area contributed by atoms with Gasteiger partial charge in [-0.3, -0.25) is 0 Å². The SMILES string of the molecule is CCC1CC(OCCOC)CCN1. The zero-order valence-electron chi connectivity index (χ0n) is 8.71. The van der Waals surface area contributed by atoms with Gasteiger partial charge in [0.2, 0.25) is 0 Å². The molecule has 0 bridgehead atoms. The molecule has 0 aromatic heterocycles. The molecule has 0 aliphatic carbocycles. The van der Waals surface area contributed by atoms with E-state index in [9.17, 15) is 0 Å². The summed E-state index contributed by atoms with van der Waals surface area (Å²) in [6.07, 6.45) is 3.94. The van der Waals surface area contributed by atoms with E-state index in [0.29, 0.717) is 18.8 Å². The number of rotatable bonds is 5. The van der Waals surface area contributed by atoms with Crippen LogP contribution in [0.25, 0.3) is 0 Å². The van der Waals surface area contributed by atoms with E-state index >= 15 is 0 Å². The molecule has 2 atom stereocenters. The highest BCUT2D eigenvalue weighted by atomic mass is 16.5. The molecule has 0 aromatic carbocycles. The fourth-order valence-electron chi connectivity index (χ4n) is 1.73. The minimum Gasteiger partial charge on any atom is -0.382 e. The summed E-state index contributed by atoms with van der Waals surface area (Å²) in [4.78, 5) is 0. The van der Waals surface area contributed by atoms with Crippen LogP contribution in [0.4, 0.5) is 0 Å². The molecule has 1 heterocycles. The summed E-state index contributed by atoms with van der Waals surface area (Å²) in [5.41, 5.74) is 0. The van der Waals surface area contributed by atoms with Gasteiger partial charge in [0.05, 0.1) is 19.3 Å². The highest BCUT2D eigenvalue weighted by Gasteiger charge is 2.20. The van der Waals surface area contributed by atoms with Crippen LogP contribution in [-0.4, -0.2) is 39.0 Å². The van der Waals surface area contributed by atoms with Gasteiger partial charge in [-0.05, 0) is 25.8 Å². The highest BCUT2D eigenvalue weighted by Crippen LogP contribution is 2.14. The van der Waals surface area contributed by atoms with Gasteiger partial charge in [0.15, 0.2) is 0 Å². The maximum Gasteiger partial charge on any atom is 0.0704 e. The van der Waals surface area contributed by atoms with Crippen molar-refractivity contribution in [3.8, 4) is 0 Å². The molecule has 0 saturated carbocycles. The van der Waals surface area contributed by atoms with Crippen LogP contribution in [0, 0.1) is 0 Å². The summed E-state index contributed by atoms with van der Waals surface area (Å²) in [6, 6.07) is 0.654. The van der Waals surface area contributed by atoms with Gasteiger partial charge in [0.25, 0.3) is 0 Å². The number of ether oxygens (including phenoxy) is 2. The lowest BCUT2D eigenvalue weighted by atomic mass is 10.00. The lowest BCUT2D eigenvalue weighted by Gasteiger charge is -2.29. The van der Waals surface area contributed by atoms with Crippen LogP contribution < -0.4 is 5.32 Å². The Kier molecular flexibility index (Phi) is 5.35. The van der Waals surface area contributed by atoms with Gasteiger partial charge in [0.1, 0.15) is 0 Å². The Hall–Kier alpha value is -0.120.